The molecule has 1 aromatic carbocycles. The van der Waals surface area contributed by atoms with Gasteiger partial charge in [-0.1, -0.05) is 6.07 Å². The molecule has 0 atom stereocenters. The second-order valence-corrected chi connectivity index (χ2v) is 6.19. The highest BCUT2D eigenvalue weighted by atomic mass is 16.5. The van der Waals surface area contributed by atoms with E-state index in [1.165, 1.54) is 37.1 Å². The van der Waals surface area contributed by atoms with Crippen LogP contribution in [0.1, 0.15) is 24.0 Å². The van der Waals surface area contributed by atoms with Crippen molar-refractivity contribution in [3.8, 4) is 11.5 Å². The number of piperidine rings is 1. The van der Waals surface area contributed by atoms with Gasteiger partial charge in [0.05, 0.1) is 14.2 Å². The minimum absolute atomic E-state index is 0.738. The Morgan fingerprint density at radius 3 is 2.48 bits per heavy atom. The zero-order valence-electron chi connectivity index (χ0n) is 13.4. The quantitative estimate of drug-likeness (QED) is 0.851. The smallest absolute Gasteiger partial charge is 0.164 e. The molecule has 0 radical (unpaired) electrons. The molecule has 2 aliphatic heterocycles. The number of ether oxygens (including phenoxy) is 2. The molecule has 1 fully saturated rings. The van der Waals surface area contributed by atoms with Gasteiger partial charge in [-0.3, -0.25) is 4.90 Å². The fourth-order valence-corrected chi connectivity index (χ4v) is 3.68. The molecule has 3 rings (SSSR count). The van der Waals surface area contributed by atoms with E-state index in [-0.39, 0.29) is 0 Å². The van der Waals surface area contributed by atoms with Crippen molar-refractivity contribution >= 4 is 0 Å². The third kappa shape index (κ3) is 2.87. The maximum atomic E-state index is 5.58. The average molecular weight is 290 g/mol. The van der Waals surface area contributed by atoms with E-state index in [1.54, 1.807) is 14.2 Å². The molecule has 0 spiro atoms. The van der Waals surface area contributed by atoms with E-state index in [0.717, 1.165) is 37.1 Å². The van der Waals surface area contributed by atoms with Gasteiger partial charge < -0.3 is 14.4 Å². The van der Waals surface area contributed by atoms with Crippen molar-refractivity contribution in [3.63, 3.8) is 0 Å². The van der Waals surface area contributed by atoms with Crippen LogP contribution in [-0.2, 0) is 13.0 Å². The van der Waals surface area contributed by atoms with Crippen LogP contribution in [0.2, 0.25) is 0 Å². The minimum Gasteiger partial charge on any atom is -0.493 e. The summed E-state index contributed by atoms with van der Waals surface area (Å²) in [4.78, 5) is 5.09. The van der Waals surface area contributed by atoms with Gasteiger partial charge in [-0.15, -0.1) is 0 Å². The molecule has 1 saturated heterocycles. The Morgan fingerprint density at radius 2 is 1.81 bits per heavy atom. The monoisotopic (exact) mass is 290 g/mol. The van der Waals surface area contributed by atoms with Crippen LogP contribution in [0.4, 0.5) is 0 Å². The lowest BCUT2D eigenvalue weighted by Gasteiger charge is -2.40. The van der Waals surface area contributed by atoms with E-state index >= 15 is 0 Å². The lowest BCUT2D eigenvalue weighted by molar-refractivity contribution is 0.109. The summed E-state index contributed by atoms with van der Waals surface area (Å²) in [6.45, 7) is 4.62. The van der Waals surface area contributed by atoms with Crippen LogP contribution in [0.15, 0.2) is 12.1 Å². The maximum absolute atomic E-state index is 5.58. The minimum atomic E-state index is 0.738. The molecule has 2 aliphatic rings. The summed E-state index contributed by atoms with van der Waals surface area (Å²) in [7, 11) is 5.66. The summed E-state index contributed by atoms with van der Waals surface area (Å²) in [6.07, 6.45) is 3.64. The van der Waals surface area contributed by atoms with E-state index in [0.29, 0.717) is 0 Å². The molecular weight excluding hydrogens is 264 g/mol. The molecule has 1 aromatic rings. The van der Waals surface area contributed by atoms with Gasteiger partial charge in [0.2, 0.25) is 0 Å². The predicted molar refractivity (Wildman–Crippen MR) is 84.2 cm³/mol. The average Bonchev–Trinajstić information content (AvgIpc) is 2.53. The van der Waals surface area contributed by atoms with Crippen LogP contribution in [-0.4, -0.2) is 56.7 Å². The summed E-state index contributed by atoms with van der Waals surface area (Å²) >= 11 is 0. The SMILES string of the molecule is COc1ccc2c(c1OC)CCN(C1CCN(C)CC1)C2. The molecule has 4 nitrogen and oxygen atoms in total. The topological polar surface area (TPSA) is 24.9 Å². The molecule has 2 heterocycles. The Hall–Kier alpha value is -1.26. The first kappa shape index (κ1) is 14.7. The van der Waals surface area contributed by atoms with Gasteiger partial charge in [0, 0.05) is 24.7 Å². The fourth-order valence-electron chi connectivity index (χ4n) is 3.68. The number of fused-ring (bicyclic) bond motifs is 1. The molecule has 0 N–H and O–H groups in total. The van der Waals surface area contributed by atoms with Crippen molar-refractivity contribution in [3.05, 3.63) is 23.3 Å². The van der Waals surface area contributed by atoms with Crippen LogP contribution >= 0.6 is 0 Å². The summed E-state index contributed by atoms with van der Waals surface area (Å²) in [5.74, 6) is 1.78. The molecular formula is C17H26N2O2. The molecule has 116 valence electrons. The Kier molecular flexibility index (Phi) is 4.36. The third-order valence-electron chi connectivity index (χ3n) is 4.97. The molecule has 0 amide bonds. The second-order valence-electron chi connectivity index (χ2n) is 6.19. The van der Waals surface area contributed by atoms with E-state index in [9.17, 15) is 0 Å². The summed E-state index contributed by atoms with van der Waals surface area (Å²) in [6, 6.07) is 4.98. The lowest BCUT2D eigenvalue weighted by Crippen LogP contribution is -2.45. The zero-order chi connectivity index (χ0) is 14.8. The van der Waals surface area contributed by atoms with Crippen molar-refractivity contribution in [2.45, 2.75) is 31.8 Å². The van der Waals surface area contributed by atoms with Gasteiger partial charge in [-0.25, -0.2) is 0 Å². The van der Waals surface area contributed by atoms with Crippen molar-refractivity contribution in [1.29, 1.82) is 0 Å². The van der Waals surface area contributed by atoms with Crippen molar-refractivity contribution in [1.82, 2.24) is 9.80 Å². The first-order chi connectivity index (χ1) is 10.2. The van der Waals surface area contributed by atoms with E-state index in [1.807, 2.05) is 6.07 Å². The first-order valence-electron chi connectivity index (χ1n) is 7.88. The number of hydrogen-bond donors (Lipinski definition) is 0. The predicted octanol–water partition coefficient (Wildman–Crippen LogP) is 2.16. The highest BCUT2D eigenvalue weighted by Gasteiger charge is 2.28. The zero-order valence-corrected chi connectivity index (χ0v) is 13.4. The highest BCUT2D eigenvalue weighted by Crippen LogP contribution is 2.37. The van der Waals surface area contributed by atoms with Crippen LogP contribution in [0, 0.1) is 0 Å². The Balaban J connectivity index is 1.77. The van der Waals surface area contributed by atoms with Crippen molar-refractivity contribution in [2.24, 2.45) is 0 Å². The first-order valence-corrected chi connectivity index (χ1v) is 7.88. The molecule has 0 aromatic heterocycles. The Bertz CT molecular complexity index is 496. The van der Waals surface area contributed by atoms with Crippen LogP contribution in [0.3, 0.4) is 0 Å². The van der Waals surface area contributed by atoms with Gasteiger partial charge in [-0.2, -0.15) is 0 Å². The number of rotatable bonds is 3. The number of benzene rings is 1. The molecule has 0 saturated carbocycles. The summed E-state index contributed by atoms with van der Waals surface area (Å²) in [5.41, 5.74) is 2.74. The van der Waals surface area contributed by atoms with E-state index < -0.39 is 0 Å². The largest absolute Gasteiger partial charge is 0.493 e. The van der Waals surface area contributed by atoms with Crippen molar-refractivity contribution < 1.29 is 9.47 Å². The number of hydrogen-bond acceptors (Lipinski definition) is 4. The maximum Gasteiger partial charge on any atom is 0.164 e. The summed E-state index contributed by atoms with van der Waals surface area (Å²) < 4.78 is 11.0. The van der Waals surface area contributed by atoms with E-state index in [4.69, 9.17) is 9.47 Å². The third-order valence-corrected chi connectivity index (χ3v) is 4.97. The molecule has 0 bridgehead atoms. The normalized spacial score (nSPS) is 21.1. The number of nitrogens with zero attached hydrogens (tertiary/aromatic N) is 2. The van der Waals surface area contributed by atoms with Gasteiger partial charge in [0.1, 0.15) is 0 Å². The number of likely N-dealkylation sites (tertiary alicyclic amines) is 1. The molecule has 0 unspecified atom stereocenters. The summed E-state index contributed by atoms with van der Waals surface area (Å²) in [5, 5.41) is 0. The van der Waals surface area contributed by atoms with Gasteiger partial charge in [0.25, 0.3) is 0 Å². The Labute approximate surface area is 127 Å². The fraction of sp³-hybridized carbons (Fsp3) is 0.647. The van der Waals surface area contributed by atoms with Gasteiger partial charge in [0.15, 0.2) is 11.5 Å². The van der Waals surface area contributed by atoms with Crippen LogP contribution < -0.4 is 9.47 Å². The van der Waals surface area contributed by atoms with Gasteiger partial charge in [-0.05, 0) is 51.0 Å². The van der Waals surface area contributed by atoms with Crippen molar-refractivity contribution in [2.75, 3.05) is 40.9 Å². The second kappa shape index (κ2) is 6.24. The molecule has 4 heteroatoms. The number of methoxy groups -OCH3 is 2. The molecule has 0 aliphatic carbocycles. The Morgan fingerprint density at radius 1 is 1.05 bits per heavy atom. The van der Waals surface area contributed by atoms with Crippen LogP contribution in [0.25, 0.3) is 0 Å². The van der Waals surface area contributed by atoms with Crippen LogP contribution in [0.5, 0.6) is 11.5 Å². The van der Waals surface area contributed by atoms with Gasteiger partial charge >= 0.3 is 0 Å². The van der Waals surface area contributed by atoms with E-state index in [2.05, 4.69) is 22.9 Å². The highest BCUT2D eigenvalue weighted by molar-refractivity contribution is 5.51. The standard InChI is InChI=1S/C17H26N2O2/c1-18-9-6-14(7-10-18)19-11-8-15-13(12-19)4-5-16(20-2)17(15)21-3/h4-5,14H,6-12H2,1-3H3. The lowest BCUT2D eigenvalue weighted by atomic mass is 9.94. The molecule has 21 heavy (non-hydrogen) atoms.